The molecule has 9 heteroatoms. The van der Waals surface area contributed by atoms with Crippen LogP contribution in [-0.4, -0.2) is 15.5 Å². The van der Waals surface area contributed by atoms with Gasteiger partial charge in [-0.2, -0.15) is 18.2 Å². The lowest BCUT2D eigenvalue weighted by atomic mass is 10.1. The van der Waals surface area contributed by atoms with Crippen LogP contribution >= 0.6 is 0 Å². The fourth-order valence-electron chi connectivity index (χ4n) is 1.98. The van der Waals surface area contributed by atoms with Crippen molar-refractivity contribution in [2.45, 2.75) is 39.0 Å². The Kier molecular flexibility index (Phi) is 5.15. The summed E-state index contributed by atoms with van der Waals surface area (Å²) in [6, 6.07) is 3.61. The molecular formula is C16H17F5N4. The molecule has 1 aromatic carbocycles. The first-order valence-corrected chi connectivity index (χ1v) is 7.36. The Morgan fingerprint density at radius 3 is 2.04 bits per heavy atom. The summed E-state index contributed by atoms with van der Waals surface area (Å²) in [7, 11) is 0. The molecule has 25 heavy (non-hydrogen) atoms. The highest BCUT2D eigenvalue weighted by molar-refractivity contribution is 5.44. The first kappa shape index (κ1) is 18.9. The zero-order valence-corrected chi connectivity index (χ0v) is 13.8. The van der Waals surface area contributed by atoms with Crippen LogP contribution in [0, 0.1) is 11.6 Å². The third-order valence-electron chi connectivity index (χ3n) is 2.90. The van der Waals surface area contributed by atoms with Gasteiger partial charge >= 0.3 is 6.18 Å². The average molecular weight is 360 g/mol. The Labute approximate surface area is 141 Å². The van der Waals surface area contributed by atoms with Crippen LogP contribution in [0.4, 0.5) is 33.7 Å². The lowest BCUT2D eigenvalue weighted by molar-refractivity contribution is -0.141. The predicted octanol–water partition coefficient (Wildman–Crippen LogP) is 4.60. The number of hydrogen-bond acceptors (Lipinski definition) is 4. The average Bonchev–Trinajstić information content (AvgIpc) is 2.41. The van der Waals surface area contributed by atoms with E-state index < -0.39 is 29.0 Å². The van der Waals surface area contributed by atoms with Gasteiger partial charge in [-0.25, -0.2) is 13.8 Å². The molecule has 0 radical (unpaired) electrons. The molecule has 0 fully saturated rings. The van der Waals surface area contributed by atoms with Crippen LogP contribution in [0.5, 0.6) is 0 Å². The molecule has 136 valence electrons. The van der Waals surface area contributed by atoms with E-state index in [0.717, 1.165) is 18.2 Å². The molecule has 0 bridgehead atoms. The molecular weight excluding hydrogens is 343 g/mol. The minimum Gasteiger partial charge on any atom is -0.366 e. The predicted molar refractivity (Wildman–Crippen MR) is 84.1 cm³/mol. The molecule has 0 amide bonds. The Bertz CT molecular complexity index is 733. The maximum absolute atomic E-state index is 13.2. The number of alkyl halides is 3. The van der Waals surface area contributed by atoms with Gasteiger partial charge in [-0.1, -0.05) is 0 Å². The molecule has 4 nitrogen and oxygen atoms in total. The lowest BCUT2D eigenvalue weighted by Crippen LogP contribution is -2.28. The molecule has 0 atom stereocenters. The van der Waals surface area contributed by atoms with E-state index in [1.165, 1.54) is 0 Å². The van der Waals surface area contributed by atoms with Crippen molar-refractivity contribution < 1.29 is 22.0 Å². The Morgan fingerprint density at radius 1 is 0.920 bits per heavy atom. The van der Waals surface area contributed by atoms with Crippen LogP contribution in [-0.2, 0) is 12.7 Å². The summed E-state index contributed by atoms with van der Waals surface area (Å²) in [6.45, 7) is 5.15. The van der Waals surface area contributed by atoms with Gasteiger partial charge in [-0.3, -0.25) is 0 Å². The molecule has 2 aromatic rings. The summed E-state index contributed by atoms with van der Waals surface area (Å²) < 4.78 is 65.4. The number of hydrogen-bond donors (Lipinski definition) is 2. The van der Waals surface area contributed by atoms with E-state index in [1.54, 1.807) is 20.8 Å². The van der Waals surface area contributed by atoms with Crippen molar-refractivity contribution in [3.8, 4) is 0 Å². The quantitative estimate of drug-likeness (QED) is 0.783. The van der Waals surface area contributed by atoms with Crippen molar-refractivity contribution in [3.05, 3.63) is 47.2 Å². The van der Waals surface area contributed by atoms with Gasteiger partial charge in [0.25, 0.3) is 0 Å². The van der Waals surface area contributed by atoms with Gasteiger partial charge in [-0.15, -0.1) is 0 Å². The van der Waals surface area contributed by atoms with Crippen LogP contribution in [0.1, 0.15) is 32.0 Å². The van der Waals surface area contributed by atoms with Gasteiger partial charge in [0.2, 0.25) is 5.95 Å². The van der Waals surface area contributed by atoms with Crippen molar-refractivity contribution >= 4 is 11.8 Å². The zero-order valence-electron chi connectivity index (χ0n) is 13.8. The number of nitrogens with one attached hydrogen (secondary N) is 2. The number of anilines is 2. The Morgan fingerprint density at radius 2 is 1.52 bits per heavy atom. The highest BCUT2D eigenvalue weighted by Gasteiger charge is 2.34. The van der Waals surface area contributed by atoms with E-state index >= 15 is 0 Å². The molecule has 0 saturated carbocycles. The van der Waals surface area contributed by atoms with Crippen LogP contribution < -0.4 is 10.6 Å². The van der Waals surface area contributed by atoms with Crippen LogP contribution in [0.3, 0.4) is 0 Å². The van der Waals surface area contributed by atoms with Crippen molar-refractivity contribution in [2.24, 2.45) is 0 Å². The second kappa shape index (κ2) is 6.81. The van der Waals surface area contributed by atoms with Crippen LogP contribution in [0.15, 0.2) is 24.3 Å². The maximum atomic E-state index is 13.2. The molecule has 0 aliphatic rings. The van der Waals surface area contributed by atoms with E-state index in [2.05, 4.69) is 20.6 Å². The summed E-state index contributed by atoms with van der Waals surface area (Å²) in [5, 5.41) is 5.40. The van der Waals surface area contributed by atoms with Crippen LogP contribution in [0.2, 0.25) is 0 Å². The third kappa shape index (κ3) is 5.84. The number of aromatic nitrogens is 2. The first-order chi connectivity index (χ1) is 11.4. The fourth-order valence-corrected chi connectivity index (χ4v) is 1.98. The van der Waals surface area contributed by atoms with Crippen LogP contribution in [0.25, 0.3) is 0 Å². The fraction of sp³-hybridized carbons (Fsp3) is 0.375. The highest BCUT2D eigenvalue weighted by atomic mass is 19.4. The second-order valence-corrected chi connectivity index (χ2v) is 6.47. The molecule has 2 N–H and O–H groups in total. The summed E-state index contributed by atoms with van der Waals surface area (Å²) >= 11 is 0. The number of benzene rings is 1. The van der Waals surface area contributed by atoms with E-state index in [9.17, 15) is 22.0 Å². The van der Waals surface area contributed by atoms with E-state index in [1.807, 2.05) is 0 Å². The minimum atomic E-state index is -4.65. The monoisotopic (exact) mass is 360 g/mol. The van der Waals surface area contributed by atoms with E-state index in [-0.39, 0.29) is 23.9 Å². The van der Waals surface area contributed by atoms with Crippen molar-refractivity contribution in [2.75, 3.05) is 10.6 Å². The minimum absolute atomic E-state index is 0.0993. The number of rotatable bonds is 4. The zero-order chi connectivity index (χ0) is 18.8. The molecule has 0 saturated heterocycles. The lowest BCUT2D eigenvalue weighted by Gasteiger charge is -2.21. The molecule has 0 aliphatic heterocycles. The van der Waals surface area contributed by atoms with Gasteiger partial charge in [0.05, 0.1) is 0 Å². The molecule has 0 aliphatic carbocycles. The summed E-state index contributed by atoms with van der Waals surface area (Å²) in [4.78, 5) is 7.44. The Hall–Kier alpha value is -2.45. The summed E-state index contributed by atoms with van der Waals surface area (Å²) in [6.07, 6.45) is -4.65. The normalized spacial score (nSPS) is 12.2. The summed E-state index contributed by atoms with van der Waals surface area (Å²) in [5.41, 5.74) is -1.44. The largest absolute Gasteiger partial charge is 0.433 e. The van der Waals surface area contributed by atoms with Crippen molar-refractivity contribution in [3.63, 3.8) is 0 Å². The third-order valence-corrected chi connectivity index (χ3v) is 2.90. The van der Waals surface area contributed by atoms with Gasteiger partial charge in [-0.05, 0) is 38.5 Å². The summed E-state index contributed by atoms with van der Waals surface area (Å²) in [5.74, 6) is -1.86. The van der Waals surface area contributed by atoms with E-state index in [4.69, 9.17) is 0 Å². The van der Waals surface area contributed by atoms with Gasteiger partial charge in [0.15, 0.2) is 5.69 Å². The molecule has 1 aromatic heterocycles. The van der Waals surface area contributed by atoms with Gasteiger partial charge < -0.3 is 10.6 Å². The molecule has 0 unspecified atom stereocenters. The SMILES string of the molecule is CC(C)(C)Nc1nc(NCc2cc(F)cc(F)c2)cc(C(F)(F)F)n1. The Balaban J connectivity index is 2.27. The topological polar surface area (TPSA) is 49.8 Å². The molecule has 0 spiro atoms. The standard InChI is InChI=1S/C16H17F5N4/c1-15(2,3)25-14-23-12(16(19,20)21)7-13(24-14)22-8-9-4-10(17)6-11(18)5-9/h4-7H,8H2,1-3H3,(H2,22,23,24,25). The number of halogens is 5. The smallest absolute Gasteiger partial charge is 0.366 e. The van der Waals surface area contributed by atoms with Gasteiger partial charge in [0, 0.05) is 24.2 Å². The van der Waals surface area contributed by atoms with Crippen molar-refractivity contribution in [1.82, 2.24) is 9.97 Å². The second-order valence-electron chi connectivity index (χ2n) is 6.47. The molecule has 1 heterocycles. The number of nitrogens with zero attached hydrogens (tertiary/aromatic N) is 2. The highest BCUT2D eigenvalue weighted by Crippen LogP contribution is 2.30. The maximum Gasteiger partial charge on any atom is 0.433 e. The van der Waals surface area contributed by atoms with Crippen molar-refractivity contribution in [1.29, 1.82) is 0 Å². The van der Waals surface area contributed by atoms with Gasteiger partial charge in [0.1, 0.15) is 17.5 Å². The van der Waals surface area contributed by atoms with E-state index in [0.29, 0.717) is 6.07 Å². The molecule has 2 rings (SSSR count). The first-order valence-electron chi connectivity index (χ1n) is 7.36.